The maximum absolute atomic E-state index is 9.54. The first-order valence-corrected chi connectivity index (χ1v) is 2.13. The van der Waals surface area contributed by atoms with Crippen LogP contribution in [-0.2, 0) is 27.1 Å². The van der Waals surface area contributed by atoms with Crippen LogP contribution in [0.3, 0.4) is 0 Å². The van der Waals surface area contributed by atoms with Gasteiger partial charge in [0, 0.05) is 22.4 Å². The Bertz CT molecular complexity index is 64.3. The number of hydrogen-bond donors (Lipinski definition) is 1. The molecule has 0 aliphatic carbocycles. The number of rotatable bonds is 2. The van der Waals surface area contributed by atoms with E-state index in [0.717, 1.165) is 6.42 Å². The van der Waals surface area contributed by atoms with Crippen LogP contribution < -0.4 is 0 Å². The van der Waals surface area contributed by atoms with E-state index in [1.807, 2.05) is 6.92 Å². The van der Waals surface area contributed by atoms with Crippen molar-refractivity contribution in [1.29, 1.82) is 0 Å². The van der Waals surface area contributed by atoms with Crippen molar-refractivity contribution in [3.63, 3.8) is 0 Å². The Hall–Kier alpha value is 0.0103. The van der Waals surface area contributed by atoms with E-state index in [-0.39, 0.29) is 22.4 Å². The van der Waals surface area contributed by atoms with Gasteiger partial charge in [-0.25, -0.2) is 4.79 Å². The van der Waals surface area contributed by atoms with Crippen LogP contribution in [0.5, 0.6) is 0 Å². The molecule has 53 valence electrons. The van der Waals surface area contributed by atoms with Gasteiger partial charge in [-0.1, -0.05) is 6.92 Å². The molecule has 0 aromatic carbocycles. The molecule has 0 saturated carbocycles. The maximum atomic E-state index is 9.54. The van der Waals surface area contributed by atoms with Gasteiger partial charge in [-0.15, -0.1) is 0 Å². The molecule has 3 nitrogen and oxygen atoms in total. The van der Waals surface area contributed by atoms with Gasteiger partial charge in [-0.2, -0.15) is 0 Å². The van der Waals surface area contributed by atoms with Gasteiger partial charge in [0.1, 0.15) is 0 Å². The van der Waals surface area contributed by atoms with Crippen LogP contribution in [0.4, 0.5) is 4.79 Å². The zero-order valence-corrected chi connectivity index (χ0v) is 6.65. The fraction of sp³-hybridized carbons (Fsp3) is 0.750. The Labute approximate surface area is 63.5 Å². The summed E-state index contributed by atoms with van der Waals surface area (Å²) in [6.07, 6.45) is -0.450. The summed E-state index contributed by atoms with van der Waals surface area (Å²) in [4.78, 5) is 9.54. The second-order valence-corrected chi connectivity index (χ2v) is 1.11. The van der Waals surface area contributed by atoms with E-state index in [0.29, 0.717) is 6.61 Å². The summed E-state index contributed by atoms with van der Waals surface area (Å²) in [5.74, 6) is 0. The molecule has 8 heavy (non-hydrogen) atoms. The summed E-state index contributed by atoms with van der Waals surface area (Å²) >= 11 is 0. The average Bonchev–Trinajstić information content (AvgIpc) is 1.61. The van der Waals surface area contributed by atoms with E-state index in [2.05, 4.69) is 4.74 Å². The van der Waals surface area contributed by atoms with Crippen LogP contribution in [0.2, 0.25) is 0 Å². The number of ether oxygens (including phenoxy) is 1. The summed E-state index contributed by atoms with van der Waals surface area (Å²) in [5.41, 5.74) is 0. The van der Waals surface area contributed by atoms with E-state index in [1.54, 1.807) is 0 Å². The standard InChI is InChI=1S/C4H8O3.Au/c1-2-3-7-4(5)6;/h2-3H2,1H3,(H,5,6);. The molecule has 0 atom stereocenters. The van der Waals surface area contributed by atoms with Gasteiger partial charge in [-0.3, -0.25) is 0 Å². The molecule has 0 spiro atoms. The molecular weight excluding hydrogens is 293 g/mol. The first-order chi connectivity index (χ1) is 3.27. The van der Waals surface area contributed by atoms with Gasteiger partial charge >= 0.3 is 6.16 Å². The topological polar surface area (TPSA) is 46.5 Å². The van der Waals surface area contributed by atoms with Gasteiger partial charge in [-0.05, 0) is 6.42 Å². The Balaban J connectivity index is 0. The van der Waals surface area contributed by atoms with Crippen LogP contribution in [0.1, 0.15) is 13.3 Å². The predicted molar refractivity (Wildman–Crippen MR) is 24.3 cm³/mol. The van der Waals surface area contributed by atoms with Gasteiger partial charge < -0.3 is 9.84 Å². The Morgan fingerprint density at radius 3 is 2.38 bits per heavy atom. The van der Waals surface area contributed by atoms with Crippen LogP contribution >= 0.6 is 0 Å². The summed E-state index contributed by atoms with van der Waals surface area (Å²) in [6, 6.07) is 0. The first-order valence-electron chi connectivity index (χ1n) is 2.13. The minimum atomic E-state index is -1.19. The molecule has 0 bridgehead atoms. The number of carboxylic acid groups (broad SMARTS) is 1. The third kappa shape index (κ3) is 9.38. The van der Waals surface area contributed by atoms with Crippen LogP contribution in [0.15, 0.2) is 0 Å². The fourth-order valence-electron chi connectivity index (χ4n) is 0.189. The Kier molecular flexibility index (Phi) is 9.55. The largest absolute Gasteiger partial charge is 0.505 e. The maximum Gasteiger partial charge on any atom is 0.505 e. The normalized spacial score (nSPS) is 7.12. The molecule has 4 heteroatoms. The minimum Gasteiger partial charge on any atom is -0.450 e. The van der Waals surface area contributed by atoms with Crippen molar-refractivity contribution >= 4 is 6.16 Å². The summed E-state index contributed by atoms with van der Waals surface area (Å²) < 4.78 is 4.11. The van der Waals surface area contributed by atoms with E-state index < -0.39 is 6.16 Å². The van der Waals surface area contributed by atoms with Crippen LogP contribution in [0, 0.1) is 0 Å². The van der Waals surface area contributed by atoms with Gasteiger partial charge in [0.2, 0.25) is 0 Å². The number of carbonyl (C=O) groups is 1. The summed E-state index contributed by atoms with van der Waals surface area (Å²) in [5, 5.41) is 7.82. The molecule has 0 fully saturated rings. The van der Waals surface area contributed by atoms with Crippen molar-refractivity contribution in [2.24, 2.45) is 0 Å². The molecule has 1 N–H and O–H groups in total. The van der Waals surface area contributed by atoms with Crippen molar-refractivity contribution in [3.05, 3.63) is 0 Å². The Morgan fingerprint density at radius 2 is 2.25 bits per heavy atom. The van der Waals surface area contributed by atoms with Crippen molar-refractivity contribution in [1.82, 2.24) is 0 Å². The molecule has 0 unspecified atom stereocenters. The van der Waals surface area contributed by atoms with Crippen molar-refractivity contribution in [2.75, 3.05) is 6.61 Å². The molecule has 0 rings (SSSR count). The molecule has 0 aromatic rings. The SMILES string of the molecule is CCCOC(=O)O.[Au]. The van der Waals surface area contributed by atoms with E-state index >= 15 is 0 Å². The molecule has 1 radical (unpaired) electrons. The second kappa shape index (κ2) is 7.01. The van der Waals surface area contributed by atoms with Crippen molar-refractivity contribution in [2.45, 2.75) is 13.3 Å². The first kappa shape index (κ1) is 10.9. The van der Waals surface area contributed by atoms with Crippen molar-refractivity contribution in [3.8, 4) is 0 Å². The summed E-state index contributed by atoms with van der Waals surface area (Å²) in [6.45, 7) is 2.15. The molecule has 0 aliphatic rings. The van der Waals surface area contributed by atoms with E-state index in [1.165, 1.54) is 0 Å². The van der Waals surface area contributed by atoms with Crippen LogP contribution in [-0.4, -0.2) is 17.9 Å². The fourth-order valence-corrected chi connectivity index (χ4v) is 0.189. The minimum absolute atomic E-state index is 0. The molecular formula is C4H8AuO3. The monoisotopic (exact) mass is 301 g/mol. The zero-order valence-electron chi connectivity index (χ0n) is 4.48. The van der Waals surface area contributed by atoms with Gasteiger partial charge in [0.15, 0.2) is 0 Å². The van der Waals surface area contributed by atoms with Gasteiger partial charge in [0.25, 0.3) is 0 Å². The third-order valence-electron chi connectivity index (χ3n) is 0.430. The molecule has 0 saturated heterocycles. The number of hydrogen-bond acceptors (Lipinski definition) is 2. The Morgan fingerprint density at radius 1 is 1.75 bits per heavy atom. The third-order valence-corrected chi connectivity index (χ3v) is 0.430. The van der Waals surface area contributed by atoms with Crippen molar-refractivity contribution < 1.29 is 37.0 Å². The van der Waals surface area contributed by atoms with E-state index in [9.17, 15) is 4.79 Å². The van der Waals surface area contributed by atoms with Gasteiger partial charge in [0.05, 0.1) is 6.61 Å². The molecule has 0 aliphatic heterocycles. The molecule has 0 heterocycles. The molecule has 0 amide bonds. The quantitative estimate of drug-likeness (QED) is 0.613. The smallest absolute Gasteiger partial charge is 0.450 e. The van der Waals surface area contributed by atoms with Crippen LogP contribution in [0.25, 0.3) is 0 Å². The second-order valence-electron chi connectivity index (χ2n) is 1.11. The zero-order chi connectivity index (χ0) is 5.70. The van der Waals surface area contributed by atoms with E-state index in [4.69, 9.17) is 5.11 Å². The molecule has 0 aromatic heterocycles. The summed E-state index contributed by atoms with van der Waals surface area (Å²) in [7, 11) is 0. The predicted octanol–water partition coefficient (Wildman–Crippen LogP) is 1.09. The average molecular weight is 301 g/mol.